The van der Waals surface area contributed by atoms with Gasteiger partial charge in [0.2, 0.25) is 0 Å². The van der Waals surface area contributed by atoms with Gasteiger partial charge in [0.25, 0.3) is 5.56 Å². The van der Waals surface area contributed by atoms with E-state index in [9.17, 15) is 9.59 Å². The number of para-hydroxylation sites is 2. The van der Waals surface area contributed by atoms with Crippen molar-refractivity contribution in [1.82, 2.24) is 9.13 Å². The highest BCUT2D eigenvalue weighted by molar-refractivity contribution is 6.08. The molecule has 0 unspecified atom stereocenters. The first kappa shape index (κ1) is 18.0. The van der Waals surface area contributed by atoms with Gasteiger partial charge in [-0.3, -0.25) is 9.59 Å². The predicted octanol–water partition coefficient (Wildman–Crippen LogP) is 4.62. The summed E-state index contributed by atoms with van der Waals surface area (Å²) in [4.78, 5) is 26.0. The van der Waals surface area contributed by atoms with Crippen molar-refractivity contribution < 1.29 is 9.53 Å². The number of carbonyl (C=O) groups excluding carboxylic acids is 1. The quantitative estimate of drug-likeness (QED) is 0.380. The molecule has 5 heteroatoms. The minimum atomic E-state index is -0.345. The Labute approximate surface area is 178 Å². The van der Waals surface area contributed by atoms with Gasteiger partial charge in [-0.15, -0.1) is 0 Å². The number of hydrogen-bond donors (Lipinski definition) is 0. The maximum Gasteiger partial charge on any atom is 0.312 e. The summed E-state index contributed by atoms with van der Waals surface area (Å²) in [5.41, 5.74) is 4.41. The molecule has 6 rings (SSSR count). The highest BCUT2D eigenvalue weighted by Crippen LogP contribution is 2.41. The fourth-order valence-corrected chi connectivity index (χ4v) is 5.02. The molecule has 5 nitrogen and oxygen atoms in total. The maximum absolute atomic E-state index is 13.4. The minimum absolute atomic E-state index is 0.121. The van der Waals surface area contributed by atoms with E-state index in [-0.39, 0.29) is 23.9 Å². The predicted molar refractivity (Wildman–Crippen MR) is 122 cm³/mol. The van der Waals surface area contributed by atoms with Gasteiger partial charge in [-0.2, -0.15) is 0 Å². The smallest absolute Gasteiger partial charge is 0.312 e. The van der Waals surface area contributed by atoms with E-state index < -0.39 is 0 Å². The molecular formula is C26H20N2O3. The molecule has 31 heavy (non-hydrogen) atoms. The summed E-state index contributed by atoms with van der Waals surface area (Å²) in [7, 11) is 3.83. The second-order valence-corrected chi connectivity index (χ2v) is 8.21. The third-order valence-electron chi connectivity index (χ3n) is 6.56. The first-order chi connectivity index (χ1) is 15.0. The van der Waals surface area contributed by atoms with Crippen molar-refractivity contribution in [3.63, 3.8) is 0 Å². The molecule has 0 N–H and O–H groups in total. The van der Waals surface area contributed by atoms with Crippen molar-refractivity contribution in [1.29, 1.82) is 0 Å². The molecule has 0 spiro atoms. The van der Waals surface area contributed by atoms with E-state index >= 15 is 0 Å². The lowest BCUT2D eigenvalue weighted by atomic mass is 9.85. The number of ether oxygens (including phenoxy) is 1. The molecule has 0 amide bonds. The summed E-state index contributed by atoms with van der Waals surface area (Å²) in [6.45, 7) is 0. The Kier molecular flexibility index (Phi) is 3.66. The van der Waals surface area contributed by atoms with Crippen LogP contribution in [-0.4, -0.2) is 15.1 Å². The summed E-state index contributed by atoms with van der Waals surface area (Å²) in [6.07, 6.45) is 0.150. The molecule has 0 radical (unpaired) electrons. The standard InChI is InChI=1S/C26H20N2O3/c1-27-20-9-5-3-7-16(20)19-13-15(11-12-22(19)27)18-14-23(29)31-25-17-8-4-6-10-21(17)28(2)26(30)24(18)25/h3-13,18H,14H2,1-2H3/t18-/m1/s1. The van der Waals surface area contributed by atoms with Crippen molar-refractivity contribution in [3.8, 4) is 5.75 Å². The van der Waals surface area contributed by atoms with Gasteiger partial charge >= 0.3 is 5.97 Å². The van der Waals surface area contributed by atoms with Crippen molar-refractivity contribution in [2.75, 3.05) is 0 Å². The highest BCUT2D eigenvalue weighted by atomic mass is 16.5. The number of aryl methyl sites for hydroxylation is 2. The molecule has 0 aliphatic carbocycles. The summed E-state index contributed by atoms with van der Waals surface area (Å²) in [5.74, 6) is -0.255. The van der Waals surface area contributed by atoms with Gasteiger partial charge in [-0.05, 0) is 35.9 Å². The zero-order chi connectivity index (χ0) is 21.3. The van der Waals surface area contributed by atoms with Gasteiger partial charge < -0.3 is 13.9 Å². The molecule has 3 aromatic carbocycles. The fourth-order valence-electron chi connectivity index (χ4n) is 5.02. The number of nitrogens with zero attached hydrogens (tertiary/aromatic N) is 2. The molecule has 0 saturated carbocycles. The summed E-state index contributed by atoms with van der Waals surface area (Å²) in [6, 6.07) is 22.1. The van der Waals surface area contributed by atoms with Crippen LogP contribution in [0.1, 0.15) is 23.5 Å². The molecule has 0 fully saturated rings. The van der Waals surface area contributed by atoms with Crippen LogP contribution in [0.25, 0.3) is 32.7 Å². The van der Waals surface area contributed by atoms with E-state index in [0.717, 1.165) is 38.3 Å². The number of benzene rings is 3. The third kappa shape index (κ3) is 2.43. The second-order valence-electron chi connectivity index (χ2n) is 8.21. The van der Waals surface area contributed by atoms with Gasteiger partial charge in [-0.25, -0.2) is 0 Å². The Hall–Kier alpha value is -3.86. The molecule has 5 aromatic rings. The topological polar surface area (TPSA) is 53.2 Å². The van der Waals surface area contributed by atoms with Crippen LogP contribution in [-0.2, 0) is 18.9 Å². The Morgan fingerprint density at radius 3 is 2.19 bits per heavy atom. The number of fused-ring (bicyclic) bond motifs is 6. The number of aromatic nitrogens is 2. The van der Waals surface area contributed by atoms with Gasteiger partial charge in [-0.1, -0.05) is 36.4 Å². The number of hydrogen-bond acceptors (Lipinski definition) is 3. The normalized spacial score (nSPS) is 16.1. The first-order valence-electron chi connectivity index (χ1n) is 10.3. The lowest BCUT2D eigenvalue weighted by molar-refractivity contribution is -0.135. The van der Waals surface area contributed by atoms with Crippen LogP contribution in [0.15, 0.2) is 71.5 Å². The molecule has 1 aliphatic rings. The lowest BCUT2D eigenvalue weighted by Crippen LogP contribution is -2.31. The Morgan fingerprint density at radius 2 is 1.42 bits per heavy atom. The van der Waals surface area contributed by atoms with Crippen LogP contribution < -0.4 is 10.3 Å². The van der Waals surface area contributed by atoms with E-state index in [1.54, 1.807) is 11.6 Å². The Balaban J connectivity index is 1.65. The second kappa shape index (κ2) is 6.32. The zero-order valence-corrected chi connectivity index (χ0v) is 17.3. The van der Waals surface area contributed by atoms with Crippen molar-refractivity contribution in [3.05, 3.63) is 88.2 Å². The average molecular weight is 408 g/mol. The first-order valence-corrected chi connectivity index (χ1v) is 10.3. The molecular weight excluding hydrogens is 388 g/mol. The van der Waals surface area contributed by atoms with E-state index in [4.69, 9.17) is 4.74 Å². The van der Waals surface area contributed by atoms with E-state index in [1.165, 1.54) is 0 Å². The monoisotopic (exact) mass is 408 g/mol. The van der Waals surface area contributed by atoms with Crippen LogP contribution in [0.3, 0.4) is 0 Å². The van der Waals surface area contributed by atoms with Crippen LogP contribution in [0, 0.1) is 0 Å². The third-order valence-corrected chi connectivity index (χ3v) is 6.56. The van der Waals surface area contributed by atoms with Gasteiger partial charge in [0, 0.05) is 47.2 Å². The summed E-state index contributed by atoms with van der Waals surface area (Å²) >= 11 is 0. The van der Waals surface area contributed by atoms with E-state index in [0.29, 0.717) is 11.3 Å². The molecule has 0 bridgehead atoms. The largest absolute Gasteiger partial charge is 0.425 e. The van der Waals surface area contributed by atoms with Gasteiger partial charge in [0.05, 0.1) is 17.5 Å². The zero-order valence-electron chi connectivity index (χ0n) is 17.3. The molecule has 152 valence electrons. The van der Waals surface area contributed by atoms with Crippen LogP contribution in [0.5, 0.6) is 5.75 Å². The number of rotatable bonds is 1. The van der Waals surface area contributed by atoms with Crippen molar-refractivity contribution in [2.24, 2.45) is 14.1 Å². The van der Waals surface area contributed by atoms with Crippen molar-refractivity contribution >= 4 is 38.7 Å². The minimum Gasteiger partial charge on any atom is -0.425 e. The Bertz CT molecular complexity index is 1610. The van der Waals surface area contributed by atoms with Crippen molar-refractivity contribution in [2.45, 2.75) is 12.3 Å². The van der Waals surface area contributed by atoms with Gasteiger partial charge in [0.1, 0.15) is 5.75 Å². The molecule has 3 heterocycles. The van der Waals surface area contributed by atoms with Gasteiger partial charge in [0.15, 0.2) is 0 Å². The van der Waals surface area contributed by atoms with E-state index in [2.05, 4.69) is 35.9 Å². The maximum atomic E-state index is 13.4. The van der Waals surface area contributed by atoms with Crippen LogP contribution in [0.4, 0.5) is 0 Å². The SMILES string of the molecule is Cn1c(=O)c2c(c3ccccc31)OC(=O)C[C@@H]2c1ccc2c(c1)c1ccccc1n2C. The summed E-state index contributed by atoms with van der Waals surface area (Å²) < 4.78 is 9.46. The molecule has 0 saturated heterocycles. The lowest BCUT2D eigenvalue weighted by Gasteiger charge is -2.26. The number of carbonyl (C=O) groups is 1. The fraction of sp³-hybridized carbons (Fsp3) is 0.154. The van der Waals surface area contributed by atoms with Crippen LogP contribution >= 0.6 is 0 Å². The number of esters is 1. The Morgan fingerprint density at radius 1 is 0.774 bits per heavy atom. The summed E-state index contributed by atoms with van der Waals surface area (Å²) in [5, 5.41) is 3.06. The van der Waals surface area contributed by atoms with E-state index in [1.807, 2.05) is 42.5 Å². The average Bonchev–Trinajstić information content (AvgIpc) is 3.08. The molecule has 2 aromatic heterocycles. The molecule has 1 aliphatic heterocycles. The van der Waals surface area contributed by atoms with Crippen LogP contribution in [0.2, 0.25) is 0 Å². The highest BCUT2D eigenvalue weighted by Gasteiger charge is 2.33. The number of pyridine rings is 1. The molecule has 1 atom stereocenters.